The Morgan fingerprint density at radius 1 is 1.24 bits per heavy atom. The molecule has 1 N–H and O–H groups in total. The summed E-state index contributed by atoms with van der Waals surface area (Å²) in [5.74, 6) is 0.361. The van der Waals surface area contributed by atoms with E-state index in [1.165, 1.54) is 6.07 Å². The molecule has 0 saturated heterocycles. The van der Waals surface area contributed by atoms with Gasteiger partial charge in [-0.3, -0.25) is 0 Å². The van der Waals surface area contributed by atoms with Gasteiger partial charge in [0.15, 0.2) is 0 Å². The van der Waals surface area contributed by atoms with E-state index in [2.05, 4.69) is 0 Å². The van der Waals surface area contributed by atoms with Gasteiger partial charge in [0.05, 0.1) is 18.8 Å². The van der Waals surface area contributed by atoms with Crippen LogP contribution in [0.4, 0.5) is 13.2 Å². The van der Waals surface area contributed by atoms with E-state index in [4.69, 9.17) is 9.84 Å². The van der Waals surface area contributed by atoms with Gasteiger partial charge in [-0.05, 0) is 29.7 Å². The molecule has 0 bridgehead atoms. The number of hydrogen-bond donors (Lipinski definition) is 1. The predicted octanol–water partition coefficient (Wildman–Crippen LogP) is 3.23. The van der Waals surface area contributed by atoms with Gasteiger partial charge in [0.25, 0.3) is 0 Å². The molecule has 0 fully saturated rings. The van der Waals surface area contributed by atoms with Crippen molar-refractivity contribution in [1.82, 2.24) is 0 Å². The maximum absolute atomic E-state index is 12.5. The Morgan fingerprint density at radius 3 is 2.35 bits per heavy atom. The molecule has 1 aromatic rings. The first-order chi connectivity index (χ1) is 7.82. The standard InChI is InChI=1S/C12H15F3O2/c1-8(2)7-17-11-4-9(6-16)3-10(5-11)12(13,14)15/h3-5,8,16H,6-7H2,1-2H3. The van der Waals surface area contributed by atoms with Gasteiger partial charge in [0, 0.05) is 0 Å². The number of alkyl halides is 3. The van der Waals surface area contributed by atoms with E-state index in [-0.39, 0.29) is 17.2 Å². The molecule has 0 aliphatic heterocycles. The van der Waals surface area contributed by atoms with Crippen LogP contribution in [0.3, 0.4) is 0 Å². The first kappa shape index (κ1) is 13.8. The van der Waals surface area contributed by atoms with Gasteiger partial charge in [-0.2, -0.15) is 13.2 Å². The average Bonchev–Trinajstić information content (AvgIpc) is 2.24. The Hall–Kier alpha value is -1.23. The van der Waals surface area contributed by atoms with Gasteiger partial charge >= 0.3 is 6.18 Å². The average molecular weight is 248 g/mol. The first-order valence-corrected chi connectivity index (χ1v) is 5.27. The Balaban J connectivity index is 2.97. The number of hydrogen-bond acceptors (Lipinski definition) is 2. The van der Waals surface area contributed by atoms with Gasteiger partial charge in [0.2, 0.25) is 0 Å². The summed E-state index contributed by atoms with van der Waals surface area (Å²) in [4.78, 5) is 0. The molecule has 2 nitrogen and oxygen atoms in total. The van der Waals surface area contributed by atoms with Crippen molar-refractivity contribution in [3.05, 3.63) is 29.3 Å². The van der Waals surface area contributed by atoms with Crippen LogP contribution >= 0.6 is 0 Å². The third-order valence-electron chi connectivity index (χ3n) is 2.06. The van der Waals surface area contributed by atoms with Crippen molar-refractivity contribution in [2.24, 2.45) is 5.92 Å². The smallest absolute Gasteiger partial charge is 0.416 e. The van der Waals surface area contributed by atoms with Crippen molar-refractivity contribution >= 4 is 0 Å². The van der Waals surface area contributed by atoms with E-state index in [1.807, 2.05) is 13.8 Å². The van der Waals surface area contributed by atoms with E-state index in [0.717, 1.165) is 12.1 Å². The second-order valence-electron chi connectivity index (χ2n) is 4.23. The van der Waals surface area contributed by atoms with Crippen molar-refractivity contribution < 1.29 is 23.0 Å². The minimum absolute atomic E-state index is 0.137. The van der Waals surface area contributed by atoms with Crippen molar-refractivity contribution in [3.63, 3.8) is 0 Å². The third-order valence-corrected chi connectivity index (χ3v) is 2.06. The van der Waals surface area contributed by atoms with Crippen LogP contribution in [0.25, 0.3) is 0 Å². The summed E-state index contributed by atoms with van der Waals surface area (Å²) in [6, 6.07) is 3.28. The van der Waals surface area contributed by atoms with Crippen LogP contribution in [-0.4, -0.2) is 11.7 Å². The number of aliphatic hydroxyl groups excluding tert-OH is 1. The molecule has 1 aromatic carbocycles. The summed E-state index contributed by atoms with van der Waals surface area (Å²) < 4.78 is 42.9. The fourth-order valence-corrected chi connectivity index (χ4v) is 1.26. The normalized spacial score (nSPS) is 11.9. The van der Waals surface area contributed by atoms with E-state index < -0.39 is 18.3 Å². The monoisotopic (exact) mass is 248 g/mol. The SMILES string of the molecule is CC(C)COc1cc(CO)cc(C(F)(F)F)c1. The molecule has 0 heterocycles. The summed E-state index contributed by atoms with van der Waals surface area (Å²) in [5, 5.41) is 8.91. The molecule has 0 radical (unpaired) electrons. The third kappa shape index (κ3) is 4.26. The molecule has 5 heteroatoms. The number of rotatable bonds is 4. The lowest BCUT2D eigenvalue weighted by Crippen LogP contribution is -2.09. The Morgan fingerprint density at radius 2 is 1.88 bits per heavy atom. The fraction of sp³-hybridized carbons (Fsp3) is 0.500. The number of halogens is 3. The lowest BCUT2D eigenvalue weighted by Gasteiger charge is -2.13. The maximum atomic E-state index is 12.5. The van der Waals surface area contributed by atoms with Crippen LogP contribution in [-0.2, 0) is 12.8 Å². The maximum Gasteiger partial charge on any atom is 0.416 e. The van der Waals surface area contributed by atoms with Crippen molar-refractivity contribution in [1.29, 1.82) is 0 Å². The first-order valence-electron chi connectivity index (χ1n) is 5.27. The number of benzene rings is 1. The predicted molar refractivity (Wildman–Crippen MR) is 57.7 cm³/mol. The lowest BCUT2D eigenvalue weighted by molar-refractivity contribution is -0.137. The van der Waals surface area contributed by atoms with Gasteiger partial charge < -0.3 is 9.84 Å². The van der Waals surface area contributed by atoms with Crippen LogP contribution in [0, 0.1) is 5.92 Å². The molecule has 0 aromatic heterocycles. The molecule has 0 unspecified atom stereocenters. The zero-order valence-corrected chi connectivity index (χ0v) is 9.71. The van der Waals surface area contributed by atoms with Gasteiger partial charge in [-0.15, -0.1) is 0 Å². The summed E-state index contributed by atoms with van der Waals surface area (Å²) >= 11 is 0. The Kier molecular flexibility index (Phi) is 4.40. The van der Waals surface area contributed by atoms with Crippen molar-refractivity contribution in [3.8, 4) is 5.75 Å². The molecule has 0 amide bonds. The molecule has 0 saturated carbocycles. The molecule has 0 atom stereocenters. The lowest BCUT2D eigenvalue weighted by atomic mass is 10.1. The van der Waals surface area contributed by atoms with E-state index in [0.29, 0.717) is 6.61 Å². The van der Waals surface area contributed by atoms with Crippen LogP contribution in [0.2, 0.25) is 0 Å². The van der Waals surface area contributed by atoms with Crippen molar-refractivity contribution in [2.45, 2.75) is 26.6 Å². The zero-order chi connectivity index (χ0) is 13.1. The summed E-state index contributed by atoms with van der Waals surface area (Å²) in [6.07, 6.45) is -4.43. The second kappa shape index (κ2) is 5.40. The topological polar surface area (TPSA) is 29.5 Å². The zero-order valence-electron chi connectivity index (χ0n) is 9.71. The van der Waals surface area contributed by atoms with E-state index in [1.54, 1.807) is 0 Å². The molecular weight excluding hydrogens is 233 g/mol. The van der Waals surface area contributed by atoms with Crippen LogP contribution < -0.4 is 4.74 Å². The van der Waals surface area contributed by atoms with E-state index >= 15 is 0 Å². The number of aliphatic hydroxyl groups is 1. The summed E-state index contributed by atoms with van der Waals surface area (Å²) in [6.45, 7) is 3.70. The van der Waals surface area contributed by atoms with Crippen LogP contribution in [0.5, 0.6) is 5.75 Å². The van der Waals surface area contributed by atoms with Gasteiger partial charge in [-0.25, -0.2) is 0 Å². The quantitative estimate of drug-likeness (QED) is 0.886. The highest BCUT2D eigenvalue weighted by Gasteiger charge is 2.31. The molecular formula is C12H15F3O2. The van der Waals surface area contributed by atoms with Crippen LogP contribution in [0.15, 0.2) is 18.2 Å². The highest BCUT2D eigenvalue weighted by Crippen LogP contribution is 2.32. The Labute approximate surface area is 98.0 Å². The van der Waals surface area contributed by atoms with Crippen molar-refractivity contribution in [2.75, 3.05) is 6.61 Å². The van der Waals surface area contributed by atoms with E-state index in [9.17, 15) is 13.2 Å². The highest BCUT2D eigenvalue weighted by atomic mass is 19.4. The number of ether oxygens (including phenoxy) is 1. The van der Waals surface area contributed by atoms with Crippen LogP contribution in [0.1, 0.15) is 25.0 Å². The molecule has 0 aliphatic rings. The second-order valence-corrected chi connectivity index (χ2v) is 4.23. The summed E-state index contributed by atoms with van der Waals surface area (Å²) in [7, 11) is 0. The molecule has 0 spiro atoms. The van der Waals surface area contributed by atoms with Gasteiger partial charge in [-0.1, -0.05) is 13.8 Å². The Bertz CT molecular complexity index is 373. The largest absolute Gasteiger partial charge is 0.493 e. The molecule has 1 rings (SSSR count). The van der Waals surface area contributed by atoms with Gasteiger partial charge in [0.1, 0.15) is 5.75 Å². The minimum Gasteiger partial charge on any atom is -0.493 e. The highest BCUT2D eigenvalue weighted by molar-refractivity contribution is 5.35. The molecule has 0 aliphatic carbocycles. The molecule has 17 heavy (non-hydrogen) atoms. The summed E-state index contributed by atoms with van der Waals surface area (Å²) in [5.41, 5.74) is -0.610. The molecule has 96 valence electrons. The minimum atomic E-state index is -4.43. The fourth-order valence-electron chi connectivity index (χ4n) is 1.26.